The Balaban J connectivity index is 2.06. The first-order valence-electron chi connectivity index (χ1n) is 7.65. The van der Waals surface area contributed by atoms with Gasteiger partial charge in [-0.2, -0.15) is 0 Å². The van der Waals surface area contributed by atoms with Crippen LogP contribution in [-0.2, 0) is 9.59 Å². The highest BCUT2D eigenvalue weighted by molar-refractivity contribution is 5.96. The van der Waals surface area contributed by atoms with Crippen molar-refractivity contribution in [2.45, 2.75) is 65.0 Å². The van der Waals surface area contributed by atoms with Crippen LogP contribution in [0.25, 0.3) is 0 Å². The van der Waals surface area contributed by atoms with Gasteiger partial charge in [0.05, 0.1) is 0 Å². The molecule has 4 nitrogen and oxygen atoms in total. The van der Waals surface area contributed by atoms with E-state index in [2.05, 4.69) is 12.2 Å². The Labute approximate surface area is 115 Å². The number of piperazine rings is 1. The summed E-state index contributed by atoms with van der Waals surface area (Å²) in [7, 11) is 0. The van der Waals surface area contributed by atoms with Crippen LogP contribution in [0, 0.1) is 11.8 Å². The summed E-state index contributed by atoms with van der Waals surface area (Å²) in [5.41, 5.74) is 0. The van der Waals surface area contributed by atoms with Gasteiger partial charge in [-0.25, -0.2) is 0 Å². The lowest BCUT2D eigenvalue weighted by Gasteiger charge is -2.39. The van der Waals surface area contributed by atoms with Crippen molar-refractivity contribution in [3.8, 4) is 0 Å². The van der Waals surface area contributed by atoms with Crippen LogP contribution in [0.5, 0.6) is 0 Å². The molecule has 19 heavy (non-hydrogen) atoms. The highest BCUT2D eigenvalue weighted by atomic mass is 16.2. The van der Waals surface area contributed by atoms with Crippen LogP contribution >= 0.6 is 0 Å². The van der Waals surface area contributed by atoms with Gasteiger partial charge >= 0.3 is 0 Å². The number of carbonyl (C=O) groups is 2. The zero-order valence-electron chi connectivity index (χ0n) is 12.3. The maximum Gasteiger partial charge on any atom is 0.245 e. The van der Waals surface area contributed by atoms with Crippen LogP contribution in [0.15, 0.2) is 0 Å². The standard InChI is InChI=1S/C15H26N2O2/c1-4-6-13-15(19)17(11(3)14(18)16-13)9-12-8-5-7-10(12)2/h10-13H,4-9H2,1-3H3,(H,16,18). The van der Waals surface area contributed by atoms with Crippen LogP contribution in [0.4, 0.5) is 0 Å². The van der Waals surface area contributed by atoms with Gasteiger partial charge in [0.2, 0.25) is 11.8 Å². The van der Waals surface area contributed by atoms with E-state index < -0.39 is 0 Å². The Morgan fingerprint density at radius 1 is 1.26 bits per heavy atom. The van der Waals surface area contributed by atoms with Crippen molar-refractivity contribution in [3.63, 3.8) is 0 Å². The normalized spacial score (nSPS) is 35.6. The van der Waals surface area contributed by atoms with E-state index in [9.17, 15) is 9.59 Å². The molecule has 1 N–H and O–H groups in total. The van der Waals surface area contributed by atoms with Crippen LogP contribution in [0.3, 0.4) is 0 Å². The summed E-state index contributed by atoms with van der Waals surface area (Å²) in [6, 6.07) is -0.612. The van der Waals surface area contributed by atoms with Crippen molar-refractivity contribution >= 4 is 11.8 Å². The lowest BCUT2D eigenvalue weighted by molar-refractivity contribution is -0.149. The topological polar surface area (TPSA) is 49.4 Å². The van der Waals surface area contributed by atoms with Gasteiger partial charge < -0.3 is 10.2 Å². The summed E-state index contributed by atoms with van der Waals surface area (Å²) in [6.45, 7) is 6.91. The molecule has 1 heterocycles. The number of nitrogens with zero attached hydrogens (tertiary/aromatic N) is 1. The van der Waals surface area contributed by atoms with Gasteiger partial charge in [0.15, 0.2) is 0 Å². The fourth-order valence-corrected chi connectivity index (χ4v) is 3.37. The zero-order chi connectivity index (χ0) is 14.0. The molecule has 4 atom stereocenters. The minimum absolute atomic E-state index is 0.00343. The molecule has 2 fully saturated rings. The van der Waals surface area contributed by atoms with Crippen molar-refractivity contribution < 1.29 is 9.59 Å². The molecule has 0 spiro atoms. The fraction of sp³-hybridized carbons (Fsp3) is 0.867. The molecule has 1 aliphatic heterocycles. The van der Waals surface area contributed by atoms with Gasteiger partial charge in [0.25, 0.3) is 0 Å². The van der Waals surface area contributed by atoms with E-state index in [4.69, 9.17) is 0 Å². The zero-order valence-corrected chi connectivity index (χ0v) is 12.3. The van der Waals surface area contributed by atoms with Crippen LogP contribution in [0.2, 0.25) is 0 Å². The smallest absolute Gasteiger partial charge is 0.245 e. The van der Waals surface area contributed by atoms with Crippen LogP contribution < -0.4 is 5.32 Å². The minimum Gasteiger partial charge on any atom is -0.343 e. The van der Waals surface area contributed by atoms with Crippen molar-refractivity contribution in [3.05, 3.63) is 0 Å². The highest BCUT2D eigenvalue weighted by Gasteiger charge is 2.39. The van der Waals surface area contributed by atoms with Crippen molar-refractivity contribution in [1.29, 1.82) is 0 Å². The molecule has 0 aromatic carbocycles. The van der Waals surface area contributed by atoms with Crippen molar-refractivity contribution in [1.82, 2.24) is 10.2 Å². The molecule has 0 aromatic rings. The molecular weight excluding hydrogens is 240 g/mol. The van der Waals surface area contributed by atoms with Gasteiger partial charge in [0, 0.05) is 6.54 Å². The largest absolute Gasteiger partial charge is 0.343 e. The van der Waals surface area contributed by atoms with E-state index in [-0.39, 0.29) is 23.9 Å². The monoisotopic (exact) mass is 266 g/mol. The number of rotatable bonds is 4. The molecule has 1 saturated carbocycles. The number of carbonyl (C=O) groups excluding carboxylic acids is 2. The van der Waals surface area contributed by atoms with E-state index in [0.717, 1.165) is 19.4 Å². The summed E-state index contributed by atoms with van der Waals surface area (Å²) in [5, 5.41) is 2.85. The lowest BCUT2D eigenvalue weighted by Crippen LogP contribution is -2.63. The van der Waals surface area contributed by atoms with E-state index in [1.165, 1.54) is 19.3 Å². The van der Waals surface area contributed by atoms with Gasteiger partial charge in [-0.3, -0.25) is 9.59 Å². The molecule has 0 bridgehead atoms. The SMILES string of the molecule is CCCC1NC(=O)C(C)N(CC2CCCC2C)C1=O. The van der Waals surface area contributed by atoms with Crippen LogP contribution in [-0.4, -0.2) is 35.3 Å². The third-order valence-corrected chi connectivity index (χ3v) is 4.79. The predicted octanol–water partition coefficient (Wildman–Crippen LogP) is 1.94. The molecule has 2 amide bonds. The number of nitrogens with one attached hydrogen (secondary N) is 1. The molecule has 2 rings (SSSR count). The highest BCUT2D eigenvalue weighted by Crippen LogP contribution is 2.32. The van der Waals surface area contributed by atoms with Crippen molar-refractivity contribution in [2.75, 3.05) is 6.54 Å². The Morgan fingerprint density at radius 3 is 2.58 bits per heavy atom. The molecule has 0 aromatic heterocycles. The molecule has 4 heteroatoms. The summed E-state index contributed by atoms with van der Waals surface area (Å²) in [6.07, 6.45) is 5.36. The Kier molecular flexibility index (Phi) is 4.48. The Bertz CT molecular complexity index is 356. The van der Waals surface area contributed by atoms with E-state index >= 15 is 0 Å². The molecule has 4 unspecified atom stereocenters. The second-order valence-electron chi connectivity index (χ2n) is 6.18. The van der Waals surface area contributed by atoms with E-state index in [0.29, 0.717) is 11.8 Å². The summed E-state index contributed by atoms with van der Waals surface area (Å²) in [5.74, 6) is 1.37. The van der Waals surface area contributed by atoms with Gasteiger partial charge in [-0.1, -0.05) is 33.1 Å². The van der Waals surface area contributed by atoms with Crippen LogP contribution in [0.1, 0.15) is 52.9 Å². The molecular formula is C15H26N2O2. The van der Waals surface area contributed by atoms with Gasteiger partial charge in [-0.05, 0) is 31.6 Å². The maximum absolute atomic E-state index is 12.5. The lowest BCUT2D eigenvalue weighted by atomic mass is 9.95. The average Bonchev–Trinajstić information content (AvgIpc) is 2.77. The first-order valence-corrected chi connectivity index (χ1v) is 7.65. The Hall–Kier alpha value is -1.06. The average molecular weight is 266 g/mol. The molecule has 2 aliphatic rings. The first-order chi connectivity index (χ1) is 9.04. The summed E-state index contributed by atoms with van der Waals surface area (Å²) in [4.78, 5) is 26.3. The predicted molar refractivity (Wildman–Crippen MR) is 74.5 cm³/mol. The number of amides is 2. The van der Waals surface area contributed by atoms with Crippen molar-refractivity contribution in [2.24, 2.45) is 11.8 Å². The second kappa shape index (κ2) is 5.93. The third-order valence-electron chi connectivity index (χ3n) is 4.79. The summed E-state index contributed by atoms with van der Waals surface area (Å²) < 4.78 is 0. The minimum atomic E-state index is -0.312. The number of hydrogen-bond acceptors (Lipinski definition) is 2. The second-order valence-corrected chi connectivity index (χ2v) is 6.18. The molecule has 0 radical (unpaired) electrons. The number of hydrogen-bond donors (Lipinski definition) is 1. The first kappa shape index (κ1) is 14.4. The third kappa shape index (κ3) is 2.93. The van der Waals surface area contributed by atoms with Gasteiger partial charge in [-0.15, -0.1) is 0 Å². The van der Waals surface area contributed by atoms with E-state index in [1.807, 2.05) is 18.7 Å². The molecule has 108 valence electrons. The molecule has 1 aliphatic carbocycles. The fourth-order valence-electron chi connectivity index (χ4n) is 3.37. The van der Waals surface area contributed by atoms with Gasteiger partial charge in [0.1, 0.15) is 12.1 Å². The molecule has 1 saturated heterocycles. The van der Waals surface area contributed by atoms with E-state index in [1.54, 1.807) is 0 Å². The Morgan fingerprint density at radius 2 is 2.00 bits per heavy atom. The quantitative estimate of drug-likeness (QED) is 0.845. The summed E-state index contributed by atoms with van der Waals surface area (Å²) >= 11 is 0. The maximum atomic E-state index is 12.5.